The number of nitrogens with one attached hydrogen (secondary N) is 1. The van der Waals surface area contributed by atoms with Crippen molar-refractivity contribution in [3.63, 3.8) is 0 Å². The third-order valence-corrected chi connectivity index (χ3v) is 6.52. The minimum absolute atomic E-state index is 0.788. The van der Waals surface area contributed by atoms with Gasteiger partial charge in [0.2, 0.25) is 0 Å². The molecule has 1 N–H and O–H groups in total. The van der Waals surface area contributed by atoms with Crippen LogP contribution in [0.5, 0.6) is 0 Å². The zero-order valence-corrected chi connectivity index (χ0v) is 13.5. The molecule has 2 aliphatic carbocycles. The summed E-state index contributed by atoms with van der Waals surface area (Å²) in [5.41, 5.74) is 0.788. The van der Waals surface area contributed by atoms with E-state index in [1.54, 1.807) is 0 Å². The lowest BCUT2D eigenvalue weighted by Crippen LogP contribution is -2.40. The molecule has 3 fully saturated rings. The van der Waals surface area contributed by atoms with E-state index >= 15 is 0 Å². The maximum atomic E-state index is 3.70. The first kappa shape index (κ1) is 14.8. The Hall–Kier alpha value is -0.0800. The highest BCUT2D eigenvalue weighted by Crippen LogP contribution is 2.46. The van der Waals surface area contributed by atoms with Crippen LogP contribution in [-0.2, 0) is 0 Å². The van der Waals surface area contributed by atoms with Crippen molar-refractivity contribution in [3.8, 4) is 0 Å². The molecule has 2 atom stereocenters. The highest BCUT2D eigenvalue weighted by Gasteiger charge is 2.37. The third kappa shape index (κ3) is 3.39. The van der Waals surface area contributed by atoms with Crippen LogP contribution in [0.3, 0.4) is 0 Å². The molecule has 0 aromatic rings. The van der Waals surface area contributed by atoms with Crippen LogP contribution in [0.25, 0.3) is 0 Å². The topological polar surface area (TPSA) is 15.3 Å². The summed E-state index contributed by atoms with van der Waals surface area (Å²) in [7, 11) is 0. The van der Waals surface area contributed by atoms with E-state index < -0.39 is 0 Å². The number of rotatable bonds is 5. The molecule has 3 rings (SSSR count). The fraction of sp³-hybridized carbons (Fsp3) is 1.00. The van der Waals surface area contributed by atoms with Gasteiger partial charge in [-0.25, -0.2) is 0 Å². The Bertz CT molecular complexity index is 286. The van der Waals surface area contributed by atoms with Gasteiger partial charge in [-0.15, -0.1) is 0 Å². The normalized spacial score (nSPS) is 34.0. The monoisotopic (exact) mass is 278 g/mol. The molecule has 2 heteroatoms. The van der Waals surface area contributed by atoms with E-state index in [1.807, 2.05) is 0 Å². The lowest BCUT2D eigenvalue weighted by molar-refractivity contribution is 0.103. The third-order valence-electron chi connectivity index (χ3n) is 6.52. The average molecular weight is 278 g/mol. The molecule has 1 saturated heterocycles. The van der Waals surface area contributed by atoms with Crippen LogP contribution >= 0.6 is 0 Å². The van der Waals surface area contributed by atoms with E-state index in [4.69, 9.17) is 0 Å². The predicted molar refractivity (Wildman–Crippen MR) is 86.0 cm³/mol. The second-order valence-electron chi connectivity index (χ2n) is 7.69. The van der Waals surface area contributed by atoms with Crippen molar-refractivity contribution in [2.75, 3.05) is 26.2 Å². The van der Waals surface area contributed by atoms with Gasteiger partial charge in [0.25, 0.3) is 0 Å². The summed E-state index contributed by atoms with van der Waals surface area (Å²) < 4.78 is 0. The Morgan fingerprint density at radius 2 is 1.75 bits per heavy atom. The van der Waals surface area contributed by atoms with Crippen LogP contribution in [0.1, 0.15) is 71.1 Å². The molecule has 2 unspecified atom stereocenters. The molecule has 2 nitrogen and oxygen atoms in total. The Balaban J connectivity index is 1.39. The van der Waals surface area contributed by atoms with E-state index in [0.717, 1.165) is 23.9 Å². The van der Waals surface area contributed by atoms with Gasteiger partial charge in [-0.05, 0) is 82.5 Å². The number of likely N-dealkylation sites (tertiary alicyclic amines) is 1. The molecule has 0 aromatic carbocycles. The molecule has 0 aromatic heterocycles. The molecular weight excluding hydrogens is 244 g/mol. The predicted octanol–water partition coefficient (Wildman–Crippen LogP) is 3.81. The zero-order chi connectivity index (χ0) is 13.8. The minimum Gasteiger partial charge on any atom is -0.314 e. The second kappa shape index (κ2) is 6.79. The summed E-state index contributed by atoms with van der Waals surface area (Å²) in [6.07, 6.45) is 14.8. The van der Waals surface area contributed by atoms with Gasteiger partial charge >= 0.3 is 0 Å². The summed E-state index contributed by atoms with van der Waals surface area (Å²) in [5.74, 6) is 0.956. The van der Waals surface area contributed by atoms with Gasteiger partial charge in [0.05, 0.1) is 0 Å². The van der Waals surface area contributed by atoms with Gasteiger partial charge in [-0.2, -0.15) is 0 Å². The molecule has 0 radical (unpaired) electrons. The Morgan fingerprint density at radius 1 is 1.00 bits per heavy atom. The SMILES string of the molecule is CCNC1CCCC1CCN1CCC2(CCCC2)CC1. The number of nitrogens with zero attached hydrogens (tertiary/aromatic N) is 1. The van der Waals surface area contributed by atoms with Gasteiger partial charge in [0.15, 0.2) is 0 Å². The van der Waals surface area contributed by atoms with Crippen molar-refractivity contribution in [2.45, 2.75) is 77.2 Å². The largest absolute Gasteiger partial charge is 0.314 e. The van der Waals surface area contributed by atoms with E-state index in [-0.39, 0.29) is 0 Å². The van der Waals surface area contributed by atoms with Crippen molar-refractivity contribution >= 4 is 0 Å². The molecule has 1 aliphatic heterocycles. The van der Waals surface area contributed by atoms with Crippen molar-refractivity contribution in [3.05, 3.63) is 0 Å². The molecule has 1 spiro atoms. The standard InChI is InChI=1S/C18H34N2/c1-2-19-17-7-5-6-16(17)8-13-20-14-11-18(12-15-20)9-3-4-10-18/h16-17,19H,2-15H2,1H3. The highest BCUT2D eigenvalue weighted by atomic mass is 15.1. The van der Waals surface area contributed by atoms with Crippen LogP contribution in [-0.4, -0.2) is 37.1 Å². The van der Waals surface area contributed by atoms with Gasteiger partial charge in [0, 0.05) is 6.04 Å². The number of piperidine rings is 1. The van der Waals surface area contributed by atoms with Gasteiger partial charge in [-0.1, -0.05) is 26.2 Å². The Kier molecular flexibility index (Phi) is 5.04. The fourth-order valence-electron chi connectivity index (χ4n) is 5.14. The summed E-state index contributed by atoms with van der Waals surface area (Å²) in [6, 6.07) is 0.825. The summed E-state index contributed by atoms with van der Waals surface area (Å²) in [4.78, 5) is 2.77. The van der Waals surface area contributed by atoms with Crippen LogP contribution in [0.4, 0.5) is 0 Å². The summed E-state index contributed by atoms with van der Waals surface area (Å²) >= 11 is 0. The lowest BCUT2D eigenvalue weighted by Gasteiger charge is -2.40. The van der Waals surface area contributed by atoms with Gasteiger partial charge in [-0.3, -0.25) is 0 Å². The van der Waals surface area contributed by atoms with E-state index in [0.29, 0.717) is 0 Å². The van der Waals surface area contributed by atoms with Crippen molar-refractivity contribution < 1.29 is 0 Å². The van der Waals surface area contributed by atoms with Crippen LogP contribution in [0.15, 0.2) is 0 Å². The lowest BCUT2D eigenvalue weighted by atomic mass is 9.77. The second-order valence-corrected chi connectivity index (χ2v) is 7.69. The van der Waals surface area contributed by atoms with Crippen molar-refractivity contribution in [2.24, 2.45) is 11.3 Å². The minimum atomic E-state index is 0.788. The molecular formula is C18H34N2. The van der Waals surface area contributed by atoms with Crippen LogP contribution in [0.2, 0.25) is 0 Å². The molecule has 20 heavy (non-hydrogen) atoms. The molecule has 2 saturated carbocycles. The maximum Gasteiger partial charge on any atom is 0.00956 e. The molecule has 0 bridgehead atoms. The van der Waals surface area contributed by atoms with E-state index in [1.165, 1.54) is 83.8 Å². The average Bonchev–Trinajstić information content (AvgIpc) is 3.09. The fourth-order valence-corrected chi connectivity index (χ4v) is 5.14. The number of hydrogen-bond donors (Lipinski definition) is 1. The van der Waals surface area contributed by atoms with E-state index in [2.05, 4.69) is 17.1 Å². The number of hydrogen-bond acceptors (Lipinski definition) is 2. The van der Waals surface area contributed by atoms with Gasteiger partial charge < -0.3 is 10.2 Å². The molecule has 3 aliphatic rings. The smallest absolute Gasteiger partial charge is 0.00956 e. The summed E-state index contributed by atoms with van der Waals surface area (Å²) in [6.45, 7) is 7.54. The summed E-state index contributed by atoms with van der Waals surface area (Å²) in [5, 5.41) is 3.70. The first-order valence-corrected chi connectivity index (χ1v) is 9.27. The molecule has 1 heterocycles. The Morgan fingerprint density at radius 3 is 2.45 bits per heavy atom. The van der Waals surface area contributed by atoms with Crippen molar-refractivity contribution in [1.82, 2.24) is 10.2 Å². The van der Waals surface area contributed by atoms with Crippen LogP contribution in [0, 0.1) is 11.3 Å². The van der Waals surface area contributed by atoms with Crippen LogP contribution < -0.4 is 5.32 Å². The first-order chi connectivity index (χ1) is 9.81. The van der Waals surface area contributed by atoms with Gasteiger partial charge in [0.1, 0.15) is 0 Å². The maximum absolute atomic E-state index is 3.70. The first-order valence-electron chi connectivity index (χ1n) is 9.27. The molecule has 0 amide bonds. The van der Waals surface area contributed by atoms with E-state index in [9.17, 15) is 0 Å². The zero-order valence-electron chi connectivity index (χ0n) is 13.5. The highest BCUT2D eigenvalue weighted by molar-refractivity contribution is 4.90. The molecule has 116 valence electrons. The quantitative estimate of drug-likeness (QED) is 0.822. The van der Waals surface area contributed by atoms with Crippen molar-refractivity contribution in [1.29, 1.82) is 0 Å². The Labute approximate surface area is 125 Å².